The van der Waals surface area contributed by atoms with Crippen LogP contribution in [0.3, 0.4) is 0 Å². The number of hydrogen-bond donors (Lipinski definition) is 1. The maximum Gasteiger partial charge on any atom is 0.257 e. The van der Waals surface area contributed by atoms with E-state index < -0.39 is 23.1 Å². The average Bonchev–Trinajstić information content (AvgIpc) is 2.16. The molecule has 1 aromatic carbocycles. The molecule has 0 aromatic heterocycles. The van der Waals surface area contributed by atoms with Crippen molar-refractivity contribution in [3.05, 3.63) is 33.8 Å². The van der Waals surface area contributed by atoms with Crippen molar-refractivity contribution in [2.24, 2.45) is 0 Å². The second-order valence-corrected chi connectivity index (χ2v) is 4.75. The lowest BCUT2D eigenvalue weighted by atomic mass is 10.2. The van der Waals surface area contributed by atoms with Gasteiger partial charge in [-0.25, -0.2) is 8.78 Å². The maximum atomic E-state index is 13.3. The SMILES string of the molecule is O=C(NCCCBr)c1c(F)cc(Br)cc1F. The topological polar surface area (TPSA) is 29.1 Å². The predicted octanol–water partition coefficient (Wildman–Crippen LogP) is 3.24. The normalized spacial score (nSPS) is 10.2. The molecule has 1 rings (SSSR count). The van der Waals surface area contributed by atoms with E-state index in [2.05, 4.69) is 37.2 Å². The summed E-state index contributed by atoms with van der Waals surface area (Å²) in [6.07, 6.45) is 0.700. The number of alkyl halides is 1. The molecule has 0 bridgehead atoms. The zero-order chi connectivity index (χ0) is 12.1. The largest absolute Gasteiger partial charge is 0.352 e. The first-order valence-corrected chi connectivity index (χ1v) is 6.46. The van der Waals surface area contributed by atoms with E-state index >= 15 is 0 Å². The summed E-state index contributed by atoms with van der Waals surface area (Å²) in [4.78, 5) is 11.5. The minimum atomic E-state index is -0.872. The Morgan fingerprint density at radius 2 is 1.88 bits per heavy atom. The fourth-order valence-electron chi connectivity index (χ4n) is 1.12. The van der Waals surface area contributed by atoms with Gasteiger partial charge in [-0.15, -0.1) is 0 Å². The quantitative estimate of drug-likeness (QED) is 0.651. The molecule has 0 fully saturated rings. The fraction of sp³-hybridized carbons (Fsp3) is 0.300. The third-order valence-electron chi connectivity index (χ3n) is 1.83. The monoisotopic (exact) mass is 355 g/mol. The molecule has 0 aliphatic rings. The minimum Gasteiger partial charge on any atom is -0.352 e. The van der Waals surface area contributed by atoms with Gasteiger partial charge < -0.3 is 5.32 Å². The highest BCUT2D eigenvalue weighted by atomic mass is 79.9. The van der Waals surface area contributed by atoms with E-state index in [4.69, 9.17) is 0 Å². The summed E-state index contributed by atoms with van der Waals surface area (Å²) in [5.41, 5.74) is -0.544. The molecule has 0 radical (unpaired) electrons. The van der Waals surface area contributed by atoms with Gasteiger partial charge in [0, 0.05) is 16.3 Å². The Morgan fingerprint density at radius 1 is 1.31 bits per heavy atom. The molecule has 0 saturated carbocycles. The van der Waals surface area contributed by atoms with Crippen LogP contribution in [0.2, 0.25) is 0 Å². The first-order chi connectivity index (χ1) is 7.56. The van der Waals surface area contributed by atoms with Gasteiger partial charge in [0.05, 0.1) is 0 Å². The van der Waals surface area contributed by atoms with Crippen LogP contribution in [0.15, 0.2) is 16.6 Å². The maximum absolute atomic E-state index is 13.3. The summed E-state index contributed by atoms with van der Waals surface area (Å²) in [6.45, 7) is 0.374. The zero-order valence-electron chi connectivity index (χ0n) is 8.20. The lowest BCUT2D eigenvalue weighted by Crippen LogP contribution is -2.26. The van der Waals surface area contributed by atoms with Crippen molar-refractivity contribution >= 4 is 37.8 Å². The van der Waals surface area contributed by atoms with E-state index in [9.17, 15) is 13.6 Å². The highest BCUT2D eigenvalue weighted by Crippen LogP contribution is 2.19. The Bertz CT molecular complexity index is 375. The summed E-state index contributed by atoms with van der Waals surface area (Å²) < 4.78 is 26.9. The second kappa shape index (κ2) is 6.30. The molecule has 0 unspecified atom stereocenters. The second-order valence-electron chi connectivity index (χ2n) is 3.04. The smallest absolute Gasteiger partial charge is 0.257 e. The van der Waals surface area contributed by atoms with Crippen molar-refractivity contribution in [2.45, 2.75) is 6.42 Å². The van der Waals surface area contributed by atoms with Crippen molar-refractivity contribution in [3.8, 4) is 0 Å². The predicted molar refractivity (Wildman–Crippen MR) is 64.8 cm³/mol. The lowest BCUT2D eigenvalue weighted by Gasteiger charge is -2.06. The molecule has 1 aromatic rings. The first-order valence-electron chi connectivity index (χ1n) is 4.55. The number of hydrogen-bond acceptors (Lipinski definition) is 1. The van der Waals surface area contributed by atoms with Gasteiger partial charge in [-0.2, -0.15) is 0 Å². The van der Waals surface area contributed by atoms with Crippen LogP contribution in [-0.2, 0) is 0 Å². The van der Waals surface area contributed by atoms with Gasteiger partial charge in [0.15, 0.2) is 0 Å². The van der Waals surface area contributed by atoms with Gasteiger partial charge in [0.25, 0.3) is 5.91 Å². The van der Waals surface area contributed by atoms with Gasteiger partial charge >= 0.3 is 0 Å². The van der Waals surface area contributed by atoms with Gasteiger partial charge in [-0.1, -0.05) is 31.9 Å². The Hall–Kier alpha value is -0.490. The van der Waals surface area contributed by atoms with Gasteiger partial charge in [-0.05, 0) is 18.6 Å². The van der Waals surface area contributed by atoms with E-state index in [1.165, 1.54) is 0 Å². The van der Waals surface area contributed by atoms with Crippen LogP contribution in [0.25, 0.3) is 0 Å². The molecule has 0 aliphatic carbocycles. The highest BCUT2D eigenvalue weighted by molar-refractivity contribution is 9.10. The van der Waals surface area contributed by atoms with Crippen molar-refractivity contribution in [3.63, 3.8) is 0 Å². The van der Waals surface area contributed by atoms with E-state index in [1.807, 2.05) is 0 Å². The third-order valence-corrected chi connectivity index (χ3v) is 2.85. The summed E-state index contributed by atoms with van der Waals surface area (Å²) in [5.74, 6) is -2.48. The van der Waals surface area contributed by atoms with Crippen LogP contribution >= 0.6 is 31.9 Å². The van der Waals surface area contributed by atoms with Crippen LogP contribution in [0, 0.1) is 11.6 Å². The summed E-state index contributed by atoms with van der Waals surface area (Å²) in [6, 6.07) is 2.12. The Labute approximate surface area is 109 Å². The van der Waals surface area contributed by atoms with Crippen LogP contribution in [-0.4, -0.2) is 17.8 Å². The number of benzene rings is 1. The Balaban J connectivity index is 2.83. The molecule has 0 saturated heterocycles. The van der Waals surface area contributed by atoms with E-state index in [1.54, 1.807) is 0 Å². The number of rotatable bonds is 4. The van der Waals surface area contributed by atoms with E-state index in [0.717, 1.165) is 17.5 Å². The van der Waals surface area contributed by atoms with E-state index in [-0.39, 0.29) is 4.47 Å². The molecule has 1 N–H and O–H groups in total. The molecular weight excluding hydrogens is 348 g/mol. The van der Waals surface area contributed by atoms with Crippen molar-refractivity contribution in [1.82, 2.24) is 5.32 Å². The van der Waals surface area contributed by atoms with Gasteiger partial charge in [0.2, 0.25) is 0 Å². The number of amides is 1. The molecule has 0 spiro atoms. The number of carbonyl (C=O) groups excluding carboxylic acids is 1. The van der Waals surface area contributed by atoms with Crippen molar-refractivity contribution in [2.75, 3.05) is 11.9 Å². The molecule has 0 heterocycles. The van der Waals surface area contributed by atoms with Crippen molar-refractivity contribution < 1.29 is 13.6 Å². The third kappa shape index (κ3) is 3.52. The molecular formula is C10H9Br2F2NO. The van der Waals surface area contributed by atoms with Gasteiger partial charge in [-0.3, -0.25) is 4.79 Å². The van der Waals surface area contributed by atoms with Gasteiger partial charge in [0.1, 0.15) is 17.2 Å². The number of carbonyl (C=O) groups is 1. The minimum absolute atomic E-state index is 0.263. The standard InChI is InChI=1S/C10H9Br2F2NO/c11-2-1-3-15-10(16)9-7(13)4-6(12)5-8(9)14/h4-5H,1-3H2,(H,15,16). The summed E-state index contributed by atoms with van der Waals surface area (Å²) >= 11 is 6.13. The first kappa shape index (κ1) is 13.6. The average molecular weight is 357 g/mol. The van der Waals surface area contributed by atoms with Crippen LogP contribution in [0.4, 0.5) is 8.78 Å². The van der Waals surface area contributed by atoms with Crippen molar-refractivity contribution in [1.29, 1.82) is 0 Å². The Morgan fingerprint density at radius 3 is 2.38 bits per heavy atom. The molecule has 6 heteroatoms. The van der Waals surface area contributed by atoms with Crippen LogP contribution in [0.5, 0.6) is 0 Å². The summed E-state index contributed by atoms with van der Waals surface area (Å²) in [5, 5.41) is 3.16. The van der Waals surface area contributed by atoms with Crippen LogP contribution < -0.4 is 5.32 Å². The highest BCUT2D eigenvalue weighted by Gasteiger charge is 2.17. The molecule has 16 heavy (non-hydrogen) atoms. The molecule has 0 atom stereocenters. The number of nitrogens with one attached hydrogen (secondary N) is 1. The Kier molecular flexibility index (Phi) is 5.34. The molecule has 88 valence electrons. The summed E-state index contributed by atoms with van der Waals surface area (Å²) in [7, 11) is 0. The zero-order valence-corrected chi connectivity index (χ0v) is 11.4. The molecule has 0 aliphatic heterocycles. The number of halogens is 4. The fourth-order valence-corrected chi connectivity index (χ4v) is 1.80. The van der Waals surface area contributed by atoms with E-state index in [0.29, 0.717) is 13.0 Å². The van der Waals surface area contributed by atoms with Crippen LogP contribution in [0.1, 0.15) is 16.8 Å². The lowest BCUT2D eigenvalue weighted by molar-refractivity contribution is 0.0945. The molecule has 1 amide bonds. The molecule has 2 nitrogen and oxygen atoms in total.